The van der Waals surface area contributed by atoms with Gasteiger partial charge in [0.2, 0.25) is 0 Å². The molecule has 4 aromatic carbocycles. The first-order chi connectivity index (χ1) is 20.9. The molecule has 0 spiro atoms. The zero-order valence-corrected chi connectivity index (χ0v) is 23.3. The first-order valence-electron chi connectivity index (χ1n) is 13.1. The smallest absolute Gasteiger partial charge is 0.343 e. The Morgan fingerprint density at radius 3 is 2.23 bits per heavy atom. The van der Waals surface area contributed by atoms with Gasteiger partial charge < -0.3 is 24.8 Å². The van der Waals surface area contributed by atoms with Gasteiger partial charge in [0.05, 0.1) is 36.7 Å². The van der Waals surface area contributed by atoms with E-state index in [9.17, 15) is 19.2 Å². The third-order valence-electron chi connectivity index (χ3n) is 5.83. The maximum Gasteiger partial charge on any atom is 0.343 e. The van der Waals surface area contributed by atoms with Gasteiger partial charge in [-0.1, -0.05) is 30.3 Å². The number of amides is 3. The van der Waals surface area contributed by atoms with Crippen molar-refractivity contribution in [2.45, 2.75) is 6.92 Å². The van der Waals surface area contributed by atoms with Gasteiger partial charge in [-0.2, -0.15) is 5.10 Å². The second-order valence-electron chi connectivity index (χ2n) is 8.78. The van der Waals surface area contributed by atoms with E-state index in [1.165, 1.54) is 31.5 Å². The Balaban J connectivity index is 1.34. The summed E-state index contributed by atoms with van der Waals surface area (Å²) in [5.41, 5.74) is 3.84. The van der Waals surface area contributed by atoms with Crippen molar-refractivity contribution in [3.63, 3.8) is 0 Å². The van der Waals surface area contributed by atoms with E-state index >= 15 is 0 Å². The van der Waals surface area contributed by atoms with E-state index in [2.05, 4.69) is 21.2 Å². The minimum Gasteiger partial charge on any atom is -0.494 e. The fourth-order valence-electron chi connectivity index (χ4n) is 3.77. The maximum atomic E-state index is 12.9. The first kappa shape index (κ1) is 30.0. The Kier molecular flexibility index (Phi) is 10.2. The van der Waals surface area contributed by atoms with Crippen LogP contribution in [0.15, 0.2) is 102 Å². The quantitative estimate of drug-likeness (QED) is 0.0814. The zero-order chi connectivity index (χ0) is 30.6. The minimum atomic E-state index is -1.06. The van der Waals surface area contributed by atoms with E-state index in [4.69, 9.17) is 14.2 Å². The molecule has 0 aromatic heterocycles. The number of benzene rings is 4. The third-order valence-corrected chi connectivity index (χ3v) is 5.83. The summed E-state index contributed by atoms with van der Waals surface area (Å²) in [6.45, 7) is 2.39. The molecule has 0 atom stereocenters. The van der Waals surface area contributed by atoms with Gasteiger partial charge in [0.15, 0.2) is 11.5 Å². The van der Waals surface area contributed by atoms with Gasteiger partial charge in [0, 0.05) is 5.69 Å². The summed E-state index contributed by atoms with van der Waals surface area (Å²) in [7, 11) is 1.42. The Morgan fingerprint density at radius 1 is 0.791 bits per heavy atom. The molecular weight excluding hydrogens is 552 g/mol. The standard InChI is InChI=1S/C32H28N4O7/c1-3-42-24-16-14-23(15-17-24)34-29(37)25-11-7-8-12-26(25)35-30(38)31(39)36-33-20-21-13-18-27(28(19-21)41-2)43-32(40)22-9-5-4-6-10-22/h4-20H,3H2,1-2H3,(H,34,37)(H,35,38)(H,36,39)/b33-20+. The van der Waals surface area contributed by atoms with E-state index in [1.54, 1.807) is 78.9 Å². The van der Waals surface area contributed by atoms with Crippen molar-refractivity contribution in [3.05, 3.63) is 114 Å². The van der Waals surface area contributed by atoms with Gasteiger partial charge in [-0.05, 0) is 79.2 Å². The molecule has 0 saturated heterocycles. The van der Waals surface area contributed by atoms with E-state index in [-0.39, 0.29) is 22.7 Å². The summed E-state index contributed by atoms with van der Waals surface area (Å²) < 4.78 is 16.1. The highest BCUT2D eigenvalue weighted by Gasteiger charge is 2.18. The van der Waals surface area contributed by atoms with Crippen molar-refractivity contribution >= 4 is 41.3 Å². The molecule has 0 radical (unpaired) electrons. The number of nitrogens with zero attached hydrogens (tertiary/aromatic N) is 1. The van der Waals surface area contributed by atoms with Crippen molar-refractivity contribution in [2.75, 3.05) is 24.4 Å². The summed E-state index contributed by atoms with van der Waals surface area (Å²) in [4.78, 5) is 50.2. The number of carbonyl (C=O) groups is 4. The second-order valence-corrected chi connectivity index (χ2v) is 8.78. The molecule has 11 nitrogen and oxygen atoms in total. The molecule has 0 saturated carbocycles. The highest BCUT2D eigenvalue weighted by molar-refractivity contribution is 6.40. The molecule has 0 heterocycles. The van der Waals surface area contributed by atoms with Gasteiger partial charge in [-0.3, -0.25) is 14.4 Å². The Labute approximate surface area is 247 Å². The number of nitrogens with one attached hydrogen (secondary N) is 3. The van der Waals surface area contributed by atoms with E-state index in [1.807, 2.05) is 6.92 Å². The number of hydrazone groups is 1. The lowest BCUT2D eigenvalue weighted by Gasteiger charge is -2.11. The molecule has 218 valence electrons. The van der Waals surface area contributed by atoms with Crippen molar-refractivity contribution in [2.24, 2.45) is 5.10 Å². The van der Waals surface area contributed by atoms with Gasteiger partial charge >= 0.3 is 17.8 Å². The predicted molar refractivity (Wildman–Crippen MR) is 161 cm³/mol. The van der Waals surface area contributed by atoms with Crippen molar-refractivity contribution < 1.29 is 33.4 Å². The summed E-state index contributed by atoms with van der Waals surface area (Å²) in [5, 5.41) is 8.99. The Morgan fingerprint density at radius 2 is 1.51 bits per heavy atom. The lowest BCUT2D eigenvalue weighted by atomic mass is 10.1. The summed E-state index contributed by atoms with van der Waals surface area (Å²) in [6, 6.07) is 26.3. The molecule has 0 bridgehead atoms. The number of methoxy groups -OCH3 is 1. The monoisotopic (exact) mass is 580 g/mol. The van der Waals surface area contributed by atoms with Gasteiger partial charge in [0.25, 0.3) is 5.91 Å². The molecule has 3 N–H and O–H groups in total. The Bertz CT molecular complexity index is 1640. The van der Waals surface area contributed by atoms with Crippen LogP contribution in [0.2, 0.25) is 0 Å². The van der Waals surface area contributed by atoms with E-state index < -0.39 is 23.7 Å². The number of anilines is 2. The second kappa shape index (κ2) is 14.6. The molecule has 0 aliphatic heterocycles. The molecule has 4 rings (SSSR count). The summed E-state index contributed by atoms with van der Waals surface area (Å²) >= 11 is 0. The summed E-state index contributed by atoms with van der Waals surface area (Å²) in [6.07, 6.45) is 1.29. The van der Waals surface area contributed by atoms with Crippen LogP contribution in [0.5, 0.6) is 17.2 Å². The highest BCUT2D eigenvalue weighted by Crippen LogP contribution is 2.28. The first-order valence-corrected chi connectivity index (χ1v) is 13.1. The van der Waals surface area contributed by atoms with Gasteiger partial charge in [0.1, 0.15) is 5.75 Å². The zero-order valence-electron chi connectivity index (χ0n) is 23.3. The molecule has 0 aliphatic carbocycles. The number of rotatable bonds is 10. The predicted octanol–water partition coefficient (Wildman–Crippen LogP) is 4.65. The van der Waals surface area contributed by atoms with E-state index in [0.717, 1.165) is 0 Å². The van der Waals surface area contributed by atoms with Gasteiger partial charge in [-0.25, -0.2) is 10.2 Å². The fraction of sp³-hybridized carbons (Fsp3) is 0.0938. The van der Waals surface area contributed by atoms with Crippen molar-refractivity contribution in [1.29, 1.82) is 0 Å². The third kappa shape index (κ3) is 8.27. The molecular formula is C32H28N4O7. The number of ether oxygens (including phenoxy) is 3. The highest BCUT2D eigenvalue weighted by atomic mass is 16.6. The molecule has 43 heavy (non-hydrogen) atoms. The Hall–Kier alpha value is -5.97. The van der Waals surface area contributed by atoms with Crippen LogP contribution in [-0.4, -0.2) is 43.6 Å². The fourth-order valence-corrected chi connectivity index (χ4v) is 3.77. The van der Waals surface area contributed by atoms with Crippen LogP contribution >= 0.6 is 0 Å². The lowest BCUT2D eigenvalue weighted by Crippen LogP contribution is -2.33. The van der Waals surface area contributed by atoms with Crippen LogP contribution in [0, 0.1) is 0 Å². The normalized spacial score (nSPS) is 10.5. The van der Waals surface area contributed by atoms with Crippen LogP contribution in [0.3, 0.4) is 0 Å². The molecule has 0 aliphatic rings. The lowest BCUT2D eigenvalue weighted by molar-refractivity contribution is -0.136. The number of carbonyl (C=O) groups excluding carboxylic acids is 4. The maximum absolute atomic E-state index is 12.9. The molecule has 4 aromatic rings. The summed E-state index contributed by atoms with van der Waals surface area (Å²) in [5.74, 6) is -1.99. The molecule has 11 heteroatoms. The largest absolute Gasteiger partial charge is 0.494 e. The molecule has 0 unspecified atom stereocenters. The van der Waals surface area contributed by atoms with Crippen LogP contribution in [0.25, 0.3) is 0 Å². The number of para-hydroxylation sites is 1. The molecule has 3 amide bonds. The van der Waals surface area contributed by atoms with Crippen molar-refractivity contribution in [3.8, 4) is 17.2 Å². The molecule has 0 fully saturated rings. The average Bonchev–Trinajstić information content (AvgIpc) is 3.03. The topological polar surface area (TPSA) is 144 Å². The minimum absolute atomic E-state index is 0.139. The van der Waals surface area contributed by atoms with Crippen LogP contribution in [0.4, 0.5) is 11.4 Å². The SMILES string of the molecule is CCOc1ccc(NC(=O)c2ccccc2NC(=O)C(=O)N/N=C/c2ccc(OC(=O)c3ccccc3)c(OC)c2)cc1. The van der Waals surface area contributed by atoms with Crippen LogP contribution < -0.4 is 30.3 Å². The average molecular weight is 581 g/mol. The van der Waals surface area contributed by atoms with Crippen LogP contribution in [0.1, 0.15) is 33.2 Å². The number of hydrogen-bond donors (Lipinski definition) is 3. The van der Waals surface area contributed by atoms with E-state index in [0.29, 0.717) is 29.2 Å². The number of esters is 1. The van der Waals surface area contributed by atoms with Crippen molar-refractivity contribution in [1.82, 2.24) is 5.43 Å². The number of hydrogen-bond acceptors (Lipinski definition) is 8. The van der Waals surface area contributed by atoms with Crippen LogP contribution in [-0.2, 0) is 9.59 Å². The van der Waals surface area contributed by atoms with Gasteiger partial charge in [-0.15, -0.1) is 0 Å².